The van der Waals surface area contributed by atoms with Gasteiger partial charge in [-0.1, -0.05) is 12.1 Å². The minimum absolute atomic E-state index is 0.259. The quantitative estimate of drug-likeness (QED) is 0.805. The molecule has 4 nitrogen and oxygen atoms in total. The van der Waals surface area contributed by atoms with Crippen LogP contribution in [0.15, 0.2) is 18.2 Å². The zero-order chi connectivity index (χ0) is 15.2. The van der Waals surface area contributed by atoms with Crippen molar-refractivity contribution in [1.82, 2.24) is 9.88 Å². The molecule has 1 aromatic carbocycles. The van der Waals surface area contributed by atoms with Crippen LogP contribution in [0.3, 0.4) is 0 Å². The van der Waals surface area contributed by atoms with Crippen molar-refractivity contribution in [2.75, 3.05) is 6.54 Å². The third-order valence-corrected chi connectivity index (χ3v) is 3.61. The van der Waals surface area contributed by atoms with Gasteiger partial charge in [0.1, 0.15) is 11.4 Å². The number of H-pyrrole nitrogens is 1. The molecule has 2 heterocycles. The summed E-state index contributed by atoms with van der Waals surface area (Å²) in [7, 11) is 0. The molecule has 5 heteroatoms. The van der Waals surface area contributed by atoms with Gasteiger partial charge in [-0.15, -0.1) is 0 Å². The lowest BCUT2D eigenvalue weighted by molar-refractivity contribution is 0.0222. The molecular formula is C16H19FN2O2. The Morgan fingerprint density at radius 1 is 1.38 bits per heavy atom. The maximum absolute atomic E-state index is 13.8. The Hall–Kier alpha value is -2.04. The first-order chi connectivity index (χ1) is 9.85. The maximum Gasteiger partial charge on any atom is 0.410 e. The molecule has 0 unspecified atom stereocenters. The number of hydrogen-bond donors (Lipinski definition) is 1. The second-order valence-electron chi connectivity index (χ2n) is 6.40. The van der Waals surface area contributed by atoms with Gasteiger partial charge in [-0.25, -0.2) is 9.18 Å². The number of fused-ring (bicyclic) bond motifs is 3. The molecule has 1 aliphatic heterocycles. The fourth-order valence-corrected chi connectivity index (χ4v) is 2.71. The third-order valence-electron chi connectivity index (χ3n) is 3.61. The first-order valence-electron chi connectivity index (χ1n) is 7.11. The van der Waals surface area contributed by atoms with Crippen LogP contribution >= 0.6 is 0 Å². The van der Waals surface area contributed by atoms with Crippen molar-refractivity contribution in [2.45, 2.75) is 39.3 Å². The number of rotatable bonds is 0. The number of para-hydroxylation sites is 1. The summed E-state index contributed by atoms with van der Waals surface area (Å²) in [6, 6.07) is 5.07. The van der Waals surface area contributed by atoms with Crippen LogP contribution in [0, 0.1) is 5.82 Å². The number of benzene rings is 1. The molecule has 0 fully saturated rings. The molecule has 2 aromatic rings. The van der Waals surface area contributed by atoms with E-state index in [0.29, 0.717) is 25.0 Å². The molecule has 1 aliphatic rings. The monoisotopic (exact) mass is 290 g/mol. The summed E-state index contributed by atoms with van der Waals surface area (Å²) >= 11 is 0. The van der Waals surface area contributed by atoms with Crippen molar-refractivity contribution in [3.63, 3.8) is 0 Å². The first kappa shape index (κ1) is 13.9. The summed E-state index contributed by atoms with van der Waals surface area (Å²) in [5.41, 5.74) is 2.01. The van der Waals surface area contributed by atoms with E-state index in [1.165, 1.54) is 6.07 Å². The first-order valence-corrected chi connectivity index (χ1v) is 7.11. The molecule has 0 atom stereocenters. The van der Waals surface area contributed by atoms with Crippen LogP contribution in [0.1, 0.15) is 32.0 Å². The molecule has 1 amide bonds. The lowest BCUT2D eigenvalue weighted by Crippen LogP contribution is -2.39. The van der Waals surface area contributed by atoms with Gasteiger partial charge in [-0.05, 0) is 38.8 Å². The number of aromatic amines is 1. The summed E-state index contributed by atoms with van der Waals surface area (Å²) in [6.45, 7) is 6.56. The lowest BCUT2D eigenvalue weighted by Gasteiger charge is -2.30. The topological polar surface area (TPSA) is 45.3 Å². The summed E-state index contributed by atoms with van der Waals surface area (Å²) in [5.74, 6) is -0.259. The Balaban J connectivity index is 1.88. The Kier molecular flexibility index (Phi) is 3.15. The van der Waals surface area contributed by atoms with E-state index < -0.39 is 5.60 Å². The number of aromatic nitrogens is 1. The number of ether oxygens (including phenoxy) is 1. The Bertz CT molecular complexity index is 700. The SMILES string of the molecule is CC(C)(C)OC(=O)N1CCc2c([nH]c3c(F)cccc23)C1. The number of halogens is 1. The maximum atomic E-state index is 13.8. The van der Waals surface area contributed by atoms with E-state index in [9.17, 15) is 9.18 Å². The summed E-state index contributed by atoms with van der Waals surface area (Å²) in [5, 5.41) is 0.911. The van der Waals surface area contributed by atoms with Crippen LogP contribution in [-0.2, 0) is 17.7 Å². The highest BCUT2D eigenvalue weighted by atomic mass is 19.1. The largest absolute Gasteiger partial charge is 0.444 e. The molecule has 0 radical (unpaired) electrons. The molecule has 1 N–H and O–H groups in total. The van der Waals surface area contributed by atoms with Crippen molar-refractivity contribution >= 4 is 17.0 Å². The van der Waals surface area contributed by atoms with E-state index in [2.05, 4.69) is 4.98 Å². The highest BCUT2D eigenvalue weighted by Gasteiger charge is 2.27. The van der Waals surface area contributed by atoms with Crippen molar-refractivity contribution in [3.8, 4) is 0 Å². The summed E-state index contributed by atoms with van der Waals surface area (Å²) in [6.07, 6.45) is 0.380. The van der Waals surface area contributed by atoms with Gasteiger partial charge in [-0.3, -0.25) is 0 Å². The van der Waals surface area contributed by atoms with Crippen molar-refractivity contribution in [3.05, 3.63) is 35.3 Å². The van der Waals surface area contributed by atoms with E-state index >= 15 is 0 Å². The van der Waals surface area contributed by atoms with Crippen LogP contribution in [0.5, 0.6) is 0 Å². The Morgan fingerprint density at radius 2 is 2.14 bits per heavy atom. The second-order valence-corrected chi connectivity index (χ2v) is 6.40. The second kappa shape index (κ2) is 4.76. The molecule has 1 aromatic heterocycles. The van der Waals surface area contributed by atoms with Gasteiger partial charge >= 0.3 is 6.09 Å². The molecule has 112 valence electrons. The number of amides is 1. The summed E-state index contributed by atoms with van der Waals surface area (Å²) in [4.78, 5) is 16.9. The number of nitrogens with one attached hydrogen (secondary N) is 1. The van der Waals surface area contributed by atoms with Crippen molar-refractivity contribution in [1.29, 1.82) is 0 Å². The van der Waals surface area contributed by atoms with Gasteiger partial charge in [0.25, 0.3) is 0 Å². The van der Waals surface area contributed by atoms with Crippen molar-refractivity contribution < 1.29 is 13.9 Å². The Morgan fingerprint density at radius 3 is 2.86 bits per heavy atom. The van der Waals surface area contributed by atoms with E-state index in [1.807, 2.05) is 26.8 Å². The van der Waals surface area contributed by atoms with Gasteiger partial charge in [-0.2, -0.15) is 0 Å². The standard InChI is InChI=1S/C16H19FN2O2/c1-16(2,3)21-15(20)19-8-7-10-11-5-4-6-12(17)14(11)18-13(10)9-19/h4-6,18H,7-9H2,1-3H3. The molecule has 0 bridgehead atoms. The van der Waals surface area contributed by atoms with E-state index in [0.717, 1.165) is 16.6 Å². The average Bonchev–Trinajstić information content (AvgIpc) is 2.76. The van der Waals surface area contributed by atoms with Crippen LogP contribution < -0.4 is 0 Å². The average molecular weight is 290 g/mol. The van der Waals surface area contributed by atoms with E-state index in [-0.39, 0.29) is 11.9 Å². The van der Waals surface area contributed by atoms with Crippen LogP contribution in [0.2, 0.25) is 0 Å². The van der Waals surface area contributed by atoms with E-state index in [1.54, 1.807) is 11.0 Å². The zero-order valence-corrected chi connectivity index (χ0v) is 12.5. The molecular weight excluding hydrogens is 271 g/mol. The van der Waals surface area contributed by atoms with Gasteiger partial charge in [0, 0.05) is 17.6 Å². The lowest BCUT2D eigenvalue weighted by atomic mass is 10.0. The fourth-order valence-electron chi connectivity index (χ4n) is 2.71. The van der Waals surface area contributed by atoms with Crippen LogP contribution in [0.4, 0.5) is 9.18 Å². The van der Waals surface area contributed by atoms with E-state index in [4.69, 9.17) is 4.74 Å². The predicted octanol–water partition coefficient (Wildman–Crippen LogP) is 3.60. The van der Waals surface area contributed by atoms with Gasteiger partial charge in [0.2, 0.25) is 0 Å². The van der Waals surface area contributed by atoms with Crippen LogP contribution in [-0.4, -0.2) is 28.1 Å². The molecule has 21 heavy (non-hydrogen) atoms. The van der Waals surface area contributed by atoms with Gasteiger partial charge < -0.3 is 14.6 Å². The minimum atomic E-state index is -0.510. The van der Waals surface area contributed by atoms with Gasteiger partial charge in [0.15, 0.2) is 0 Å². The number of nitrogens with zero attached hydrogens (tertiary/aromatic N) is 1. The predicted molar refractivity (Wildman–Crippen MR) is 78.6 cm³/mol. The Labute approximate surface area is 122 Å². The highest BCUT2D eigenvalue weighted by molar-refractivity contribution is 5.85. The van der Waals surface area contributed by atoms with Gasteiger partial charge in [0.05, 0.1) is 12.1 Å². The van der Waals surface area contributed by atoms with Crippen molar-refractivity contribution in [2.24, 2.45) is 0 Å². The number of carbonyl (C=O) groups is 1. The molecule has 0 spiro atoms. The molecule has 0 aliphatic carbocycles. The normalized spacial score (nSPS) is 15.1. The number of hydrogen-bond acceptors (Lipinski definition) is 2. The molecule has 0 saturated carbocycles. The highest BCUT2D eigenvalue weighted by Crippen LogP contribution is 2.29. The fraction of sp³-hybridized carbons (Fsp3) is 0.438. The molecule has 3 rings (SSSR count). The number of carbonyl (C=O) groups excluding carboxylic acids is 1. The smallest absolute Gasteiger partial charge is 0.410 e. The minimum Gasteiger partial charge on any atom is -0.444 e. The zero-order valence-electron chi connectivity index (χ0n) is 12.5. The summed E-state index contributed by atoms with van der Waals surface area (Å²) < 4.78 is 19.2. The van der Waals surface area contributed by atoms with Crippen LogP contribution in [0.25, 0.3) is 10.9 Å². The third kappa shape index (κ3) is 2.60. The molecule has 0 saturated heterocycles.